The van der Waals surface area contributed by atoms with Crippen molar-refractivity contribution in [1.29, 1.82) is 0 Å². The summed E-state index contributed by atoms with van der Waals surface area (Å²) < 4.78 is 25.3. The number of aliphatic hydroxyl groups is 3. The third kappa shape index (κ3) is 4.85. The zero-order valence-electron chi connectivity index (χ0n) is 21.0. The zero-order valence-corrected chi connectivity index (χ0v) is 21.0. The maximum Gasteiger partial charge on any atom is 0.253 e. The number of hydrogen-bond donors (Lipinski definition) is 3. The number of amides is 1. The highest BCUT2D eigenvalue weighted by atomic mass is 19.1. The highest BCUT2D eigenvalue weighted by molar-refractivity contribution is 5.81. The number of likely N-dealkylation sites (tertiary alicyclic amines) is 1. The minimum Gasteiger partial charge on any atom is -0.493 e. The first kappa shape index (κ1) is 26.1. The van der Waals surface area contributed by atoms with Crippen LogP contribution in [0.15, 0.2) is 30.3 Å². The summed E-state index contributed by atoms with van der Waals surface area (Å²) in [5.74, 6) is 0.684. The Labute approximate surface area is 210 Å². The van der Waals surface area contributed by atoms with E-state index in [1.165, 1.54) is 11.0 Å². The number of carbonyl (C=O) groups excluding carboxylic acids is 1. The SMILES string of the molecule is COc1ccc([C@@H]2CN(C(=O)[C@@H](O)CO)C[C@@]2(C)[C@@H](C)O)cc1OC1CN(c2ccc(F)c(C)n2)C1. The van der Waals surface area contributed by atoms with E-state index in [9.17, 15) is 24.5 Å². The molecule has 0 bridgehead atoms. The predicted molar refractivity (Wildman–Crippen MR) is 131 cm³/mol. The summed E-state index contributed by atoms with van der Waals surface area (Å²) in [5, 5.41) is 29.7. The predicted octanol–water partition coefficient (Wildman–Crippen LogP) is 1.47. The number of halogens is 1. The normalized spacial score (nSPS) is 23.8. The molecule has 1 aromatic heterocycles. The van der Waals surface area contributed by atoms with E-state index in [1.54, 1.807) is 27.0 Å². The van der Waals surface area contributed by atoms with Crippen LogP contribution in [0.2, 0.25) is 0 Å². The van der Waals surface area contributed by atoms with E-state index >= 15 is 0 Å². The van der Waals surface area contributed by atoms with Gasteiger partial charge in [0.05, 0.1) is 38.6 Å². The number of methoxy groups -OCH3 is 1. The smallest absolute Gasteiger partial charge is 0.253 e. The quantitative estimate of drug-likeness (QED) is 0.496. The van der Waals surface area contributed by atoms with E-state index in [4.69, 9.17) is 9.47 Å². The molecule has 9 nitrogen and oxygen atoms in total. The molecule has 10 heteroatoms. The van der Waals surface area contributed by atoms with Crippen LogP contribution >= 0.6 is 0 Å². The number of carbonyl (C=O) groups is 1. The van der Waals surface area contributed by atoms with Gasteiger partial charge in [-0.15, -0.1) is 0 Å². The molecular weight excluding hydrogens is 469 g/mol. The molecule has 36 heavy (non-hydrogen) atoms. The number of anilines is 1. The Morgan fingerprint density at radius 2 is 1.94 bits per heavy atom. The van der Waals surface area contributed by atoms with E-state index < -0.39 is 30.1 Å². The summed E-state index contributed by atoms with van der Waals surface area (Å²) in [5.41, 5.74) is 0.550. The van der Waals surface area contributed by atoms with Gasteiger partial charge in [0.2, 0.25) is 0 Å². The first-order chi connectivity index (χ1) is 17.1. The van der Waals surface area contributed by atoms with Gasteiger partial charge in [0.15, 0.2) is 17.6 Å². The van der Waals surface area contributed by atoms with Crippen molar-refractivity contribution in [2.75, 3.05) is 44.8 Å². The van der Waals surface area contributed by atoms with Crippen LogP contribution in [0.25, 0.3) is 0 Å². The molecule has 196 valence electrons. The van der Waals surface area contributed by atoms with Crippen molar-refractivity contribution in [2.24, 2.45) is 5.41 Å². The Morgan fingerprint density at radius 3 is 2.56 bits per heavy atom. The van der Waals surface area contributed by atoms with Gasteiger partial charge in [0.25, 0.3) is 5.91 Å². The number of nitrogens with zero attached hydrogens (tertiary/aromatic N) is 3. The number of aromatic nitrogens is 1. The van der Waals surface area contributed by atoms with Gasteiger partial charge < -0.3 is 34.6 Å². The Morgan fingerprint density at radius 1 is 1.22 bits per heavy atom. The Balaban J connectivity index is 1.52. The lowest BCUT2D eigenvalue weighted by atomic mass is 9.72. The number of aliphatic hydroxyl groups excluding tert-OH is 3. The van der Waals surface area contributed by atoms with Crippen molar-refractivity contribution in [3.63, 3.8) is 0 Å². The van der Waals surface area contributed by atoms with Crippen LogP contribution in [0.4, 0.5) is 10.2 Å². The minimum atomic E-state index is -1.49. The second-order valence-corrected chi connectivity index (χ2v) is 9.94. The van der Waals surface area contributed by atoms with Gasteiger partial charge in [-0.25, -0.2) is 9.37 Å². The molecule has 2 fully saturated rings. The minimum absolute atomic E-state index is 0.120. The third-order valence-corrected chi connectivity index (χ3v) is 7.52. The van der Waals surface area contributed by atoms with Crippen LogP contribution in [-0.2, 0) is 4.79 Å². The van der Waals surface area contributed by atoms with Crippen molar-refractivity contribution in [1.82, 2.24) is 9.88 Å². The van der Waals surface area contributed by atoms with E-state index in [0.29, 0.717) is 36.1 Å². The van der Waals surface area contributed by atoms with Gasteiger partial charge in [-0.3, -0.25) is 4.79 Å². The molecule has 1 amide bonds. The van der Waals surface area contributed by atoms with E-state index in [1.807, 2.05) is 30.0 Å². The molecule has 0 radical (unpaired) electrons. The molecule has 3 N–H and O–H groups in total. The van der Waals surface area contributed by atoms with Crippen LogP contribution < -0.4 is 14.4 Å². The number of pyridine rings is 1. The summed E-state index contributed by atoms with van der Waals surface area (Å²) in [4.78, 5) is 20.4. The van der Waals surface area contributed by atoms with Crippen LogP contribution in [0.1, 0.15) is 31.0 Å². The maximum absolute atomic E-state index is 13.5. The first-order valence-electron chi connectivity index (χ1n) is 12.1. The van der Waals surface area contributed by atoms with Gasteiger partial charge in [-0.1, -0.05) is 13.0 Å². The van der Waals surface area contributed by atoms with Gasteiger partial charge in [0.1, 0.15) is 17.7 Å². The lowest BCUT2D eigenvalue weighted by Crippen LogP contribution is -2.54. The summed E-state index contributed by atoms with van der Waals surface area (Å²) in [6.07, 6.45) is -2.34. The van der Waals surface area contributed by atoms with E-state index in [-0.39, 0.29) is 30.9 Å². The van der Waals surface area contributed by atoms with Crippen LogP contribution in [0, 0.1) is 18.2 Å². The van der Waals surface area contributed by atoms with Crippen molar-refractivity contribution in [3.05, 3.63) is 47.4 Å². The van der Waals surface area contributed by atoms with Gasteiger partial charge >= 0.3 is 0 Å². The molecule has 3 heterocycles. The van der Waals surface area contributed by atoms with Crippen molar-refractivity contribution in [3.8, 4) is 11.5 Å². The number of rotatable bonds is 8. The lowest BCUT2D eigenvalue weighted by molar-refractivity contribution is -0.141. The van der Waals surface area contributed by atoms with Crippen LogP contribution in [0.3, 0.4) is 0 Å². The number of hydrogen-bond acceptors (Lipinski definition) is 8. The molecular formula is C26H34FN3O6. The monoisotopic (exact) mass is 503 g/mol. The average molecular weight is 504 g/mol. The maximum atomic E-state index is 13.5. The molecule has 4 rings (SSSR count). The molecule has 4 atom stereocenters. The van der Waals surface area contributed by atoms with Crippen molar-refractivity contribution >= 4 is 11.7 Å². The Bertz CT molecular complexity index is 1110. The average Bonchev–Trinajstić information content (AvgIpc) is 3.20. The topological polar surface area (TPSA) is 116 Å². The van der Waals surface area contributed by atoms with E-state index in [2.05, 4.69) is 4.98 Å². The molecule has 0 aliphatic carbocycles. The Hall–Kier alpha value is -2.95. The lowest BCUT2D eigenvalue weighted by Gasteiger charge is -2.40. The fourth-order valence-electron chi connectivity index (χ4n) is 4.97. The Kier molecular flexibility index (Phi) is 7.40. The summed E-state index contributed by atoms with van der Waals surface area (Å²) >= 11 is 0. The molecule has 1 aromatic carbocycles. The largest absolute Gasteiger partial charge is 0.493 e. The molecule has 0 unspecified atom stereocenters. The number of aryl methyl sites for hydroxylation is 1. The second-order valence-electron chi connectivity index (χ2n) is 9.94. The highest BCUT2D eigenvalue weighted by Gasteiger charge is 2.49. The fraction of sp³-hybridized carbons (Fsp3) is 0.538. The molecule has 0 saturated carbocycles. The highest BCUT2D eigenvalue weighted by Crippen LogP contribution is 2.47. The van der Waals surface area contributed by atoms with Gasteiger partial charge in [-0.2, -0.15) is 0 Å². The molecule has 2 aromatic rings. The number of benzene rings is 1. The first-order valence-corrected chi connectivity index (χ1v) is 12.1. The summed E-state index contributed by atoms with van der Waals surface area (Å²) in [7, 11) is 1.56. The molecule has 0 spiro atoms. The zero-order chi connectivity index (χ0) is 26.2. The standard InChI is InChI=1S/C26H34FN3O6/c1-15-20(27)6-8-24(28-15)29-10-18(11-29)36-23-9-17(5-7-22(23)35-4)19-12-30(25(34)21(33)13-31)14-26(19,3)16(2)32/h5-9,16,18-19,21,31-33H,10-14H2,1-4H3/t16-,19+,21+,26+/m1/s1. The molecule has 2 aliphatic heterocycles. The van der Waals surface area contributed by atoms with E-state index in [0.717, 1.165) is 5.56 Å². The summed E-state index contributed by atoms with van der Waals surface area (Å²) in [6.45, 7) is 6.28. The summed E-state index contributed by atoms with van der Waals surface area (Å²) in [6, 6.07) is 8.64. The molecule has 2 saturated heterocycles. The van der Waals surface area contributed by atoms with Crippen molar-refractivity contribution in [2.45, 2.75) is 45.0 Å². The number of ether oxygens (including phenoxy) is 2. The van der Waals surface area contributed by atoms with Gasteiger partial charge in [0, 0.05) is 24.4 Å². The van der Waals surface area contributed by atoms with Crippen LogP contribution in [-0.4, -0.2) is 89.3 Å². The fourth-order valence-corrected chi connectivity index (χ4v) is 4.97. The second kappa shape index (κ2) is 10.2. The van der Waals surface area contributed by atoms with Crippen molar-refractivity contribution < 1.29 is 34.0 Å². The molecule has 2 aliphatic rings. The van der Waals surface area contributed by atoms with Crippen LogP contribution in [0.5, 0.6) is 11.5 Å². The van der Waals surface area contributed by atoms with Gasteiger partial charge in [-0.05, 0) is 43.7 Å². The third-order valence-electron chi connectivity index (χ3n) is 7.52.